The van der Waals surface area contributed by atoms with Crippen LogP contribution in [-0.2, 0) is 9.57 Å². The lowest BCUT2D eigenvalue weighted by molar-refractivity contribution is 0.0720. The van der Waals surface area contributed by atoms with Crippen molar-refractivity contribution in [3.8, 4) is 0 Å². The number of aliphatic imine (C=N–C) groups is 1. The van der Waals surface area contributed by atoms with Crippen molar-refractivity contribution in [2.75, 3.05) is 52.3 Å². The summed E-state index contributed by atoms with van der Waals surface area (Å²) < 4.78 is 5.92. The molecule has 0 bridgehead atoms. The first kappa shape index (κ1) is 23.7. The largest absolute Gasteiger partial charge is 0.392 e. The summed E-state index contributed by atoms with van der Waals surface area (Å²) in [5, 5.41) is 4.40. The fourth-order valence-electron chi connectivity index (χ4n) is 4.05. The average molecular weight is 489 g/mol. The molecule has 1 atom stereocenters. The van der Waals surface area contributed by atoms with Gasteiger partial charge in [0.1, 0.15) is 11.9 Å². The zero-order chi connectivity index (χ0) is 23.4. The molecule has 2 aliphatic heterocycles. The molecule has 1 aromatic carbocycles. The van der Waals surface area contributed by atoms with Crippen LogP contribution in [0.1, 0.15) is 40.1 Å². The minimum absolute atomic E-state index is 0.0924. The molecule has 2 aliphatic rings. The molecule has 9 heteroatoms. The van der Waals surface area contributed by atoms with Crippen molar-refractivity contribution in [3.05, 3.63) is 50.7 Å². The summed E-state index contributed by atoms with van der Waals surface area (Å²) in [6.07, 6.45) is 1.59. The van der Waals surface area contributed by atoms with Crippen LogP contribution in [0.5, 0.6) is 0 Å². The number of oxime groups is 1. The molecule has 0 saturated carbocycles. The Hall–Kier alpha value is -2.42. The summed E-state index contributed by atoms with van der Waals surface area (Å²) in [6, 6.07) is 9.91. The minimum atomic E-state index is -0.110. The molecule has 0 amide bonds. The number of thiophene rings is 1. The number of amidine groups is 1. The molecule has 2 aromatic rings. The third-order valence-electron chi connectivity index (χ3n) is 5.94. The lowest BCUT2D eigenvalue weighted by Crippen LogP contribution is -2.26. The summed E-state index contributed by atoms with van der Waals surface area (Å²) in [6.45, 7) is 3.14. The van der Waals surface area contributed by atoms with Gasteiger partial charge in [0.2, 0.25) is 0 Å². The van der Waals surface area contributed by atoms with E-state index in [4.69, 9.17) is 21.2 Å². The van der Waals surface area contributed by atoms with Gasteiger partial charge in [0.25, 0.3) is 0 Å². The number of methoxy groups -OCH3 is 1. The van der Waals surface area contributed by atoms with Gasteiger partial charge in [-0.2, -0.15) is 0 Å². The molecule has 0 fully saturated rings. The number of Topliss-reactive ketones (excluding diaryl/α,β-unsaturated/α-hetero) is 1. The molecule has 33 heavy (non-hydrogen) atoms. The summed E-state index contributed by atoms with van der Waals surface area (Å²) in [5.41, 5.74) is 4.10. The van der Waals surface area contributed by atoms with Crippen LogP contribution >= 0.6 is 22.9 Å². The Balaban J connectivity index is 1.47. The maximum atomic E-state index is 12.4. The number of carbonyl (C=O) groups excluding carboxylic acids is 1. The number of nitrogens with zero attached hydrogens (tertiary/aromatic N) is 4. The molecule has 0 radical (unpaired) electrons. The van der Waals surface area contributed by atoms with E-state index < -0.39 is 0 Å². The number of anilines is 1. The quantitative estimate of drug-likeness (QED) is 0.465. The van der Waals surface area contributed by atoms with Crippen LogP contribution in [0.15, 0.2) is 40.5 Å². The fraction of sp³-hybridized carbons (Fsp3) is 0.458. The van der Waals surface area contributed by atoms with Gasteiger partial charge >= 0.3 is 0 Å². The van der Waals surface area contributed by atoms with Gasteiger partial charge in [-0.3, -0.25) is 9.79 Å². The number of ketones is 1. The Morgan fingerprint density at radius 1 is 1.36 bits per heavy atom. The van der Waals surface area contributed by atoms with Crippen LogP contribution < -0.4 is 4.90 Å². The molecule has 0 saturated heterocycles. The van der Waals surface area contributed by atoms with Crippen LogP contribution in [0.2, 0.25) is 4.34 Å². The van der Waals surface area contributed by atoms with Crippen molar-refractivity contribution in [3.63, 3.8) is 0 Å². The standard InChI is InChI=1S/C24H29ClN4O3S/c1-28(12-13-31-3)20-14-16(24-26-10-11-29(24)2)4-6-18(20)19-15-17(32-27-19)5-7-21(30)22-8-9-23(25)33-22/h4,6,8-9,14,17H,5,7,10-13,15H2,1-3H3. The monoisotopic (exact) mass is 488 g/mol. The smallest absolute Gasteiger partial charge is 0.172 e. The van der Waals surface area contributed by atoms with Crippen LogP contribution in [0.25, 0.3) is 0 Å². The number of hydrogen-bond acceptors (Lipinski definition) is 8. The Morgan fingerprint density at radius 2 is 2.21 bits per heavy atom. The highest BCUT2D eigenvalue weighted by Gasteiger charge is 2.27. The van der Waals surface area contributed by atoms with Gasteiger partial charge in [-0.05, 0) is 24.6 Å². The Morgan fingerprint density at radius 3 is 2.91 bits per heavy atom. The van der Waals surface area contributed by atoms with Gasteiger partial charge in [-0.15, -0.1) is 11.3 Å². The third kappa shape index (κ3) is 5.57. The van der Waals surface area contributed by atoms with E-state index in [-0.39, 0.29) is 11.9 Å². The Labute approximate surface area is 203 Å². The van der Waals surface area contributed by atoms with Crippen molar-refractivity contribution in [1.29, 1.82) is 0 Å². The third-order valence-corrected chi connectivity index (χ3v) is 7.21. The zero-order valence-corrected chi connectivity index (χ0v) is 20.8. The van der Waals surface area contributed by atoms with Gasteiger partial charge in [0.05, 0.1) is 28.1 Å². The highest BCUT2D eigenvalue weighted by atomic mass is 35.5. The van der Waals surface area contributed by atoms with Crippen LogP contribution in [-0.4, -0.2) is 75.8 Å². The number of rotatable bonds is 10. The topological polar surface area (TPSA) is 66.7 Å². The van der Waals surface area contributed by atoms with E-state index in [1.165, 1.54) is 11.3 Å². The van der Waals surface area contributed by atoms with Gasteiger partial charge in [-0.1, -0.05) is 28.9 Å². The van der Waals surface area contributed by atoms with Gasteiger partial charge in [0.15, 0.2) is 5.78 Å². The maximum absolute atomic E-state index is 12.4. The summed E-state index contributed by atoms with van der Waals surface area (Å²) in [4.78, 5) is 27.8. The van der Waals surface area contributed by atoms with Crippen LogP contribution in [0.4, 0.5) is 5.69 Å². The number of likely N-dealkylation sites (N-methyl/N-ethyl adjacent to an activating group) is 2. The summed E-state index contributed by atoms with van der Waals surface area (Å²) in [5.74, 6) is 1.10. The molecule has 7 nitrogen and oxygen atoms in total. The highest BCUT2D eigenvalue weighted by molar-refractivity contribution is 7.18. The van der Waals surface area contributed by atoms with Crippen molar-refractivity contribution in [2.24, 2.45) is 10.1 Å². The molecule has 176 valence electrons. The van der Waals surface area contributed by atoms with E-state index in [0.29, 0.717) is 35.1 Å². The normalized spacial score (nSPS) is 17.7. The number of carbonyl (C=O) groups is 1. The van der Waals surface area contributed by atoms with E-state index in [1.807, 2.05) is 0 Å². The van der Waals surface area contributed by atoms with E-state index in [1.54, 1.807) is 19.2 Å². The zero-order valence-electron chi connectivity index (χ0n) is 19.2. The number of benzene rings is 1. The first-order valence-corrected chi connectivity index (χ1v) is 12.3. The average Bonchev–Trinajstić information content (AvgIpc) is 3.56. The van der Waals surface area contributed by atoms with Crippen LogP contribution in [0, 0.1) is 0 Å². The van der Waals surface area contributed by atoms with E-state index in [2.05, 4.69) is 52.2 Å². The SMILES string of the molecule is COCCN(C)c1cc(C2=NCCN2C)ccc1C1=NOC(CCC(=O)c2ccc(Cl)s2)C1. The van der Waals surface area contributed by atoms with E-state index in [9.17, 15) is 4.79 Å². The number of halogens is 1. The minimum Gasteiger partial charge on any atom is -0.392 e. The van der Waals surface area contributed by atoms with Gasteiger partial charge in [-0.25, -0.2) is 0 Å². The second kappa shape index (κ2) is 10.7. The second-order valence-corrected chi connectivity index (χ2v) is 10.0. The van der Waals surface area contributed by atoms with E-state index in [0.717, 1.165) is 48.0 Å². The molecule has 3 heterocycles. The molecule has 0 spiro atoms. The molecule has 1 aromatic heterocycles. The first-order chi connectivity index (χ1) is 16.0. The molecule has 0 N–H and O–H groups in total. The fourth-order valence-corrected chi connectivity index (χ4v) is 5.06. The number of hydrogen-bond donors (Lipinski definition) is 0. The number of ether oxygens (including phenoxy) is 1. The Kier molecular flexibility index (Phi) is 7.67. The molecule has 4 rings (SSSR count). The van der Waals surface area contributed by atoms with Gasteiger partial charge < -0.3 is 19.4 Å². The van der Waals surface area contributed by atoms with Crippen LogP contribution in [0.3, 0.4) is 0 Å². The summed E-state index contributed by atoms with van der Waals surface area (Å²) in [7, 11) is 5.83. The highest BCUT2D eigenvalue weighted by Crippen LogP contribution is 2.30. The Bertz CT molecular complexity index is 1070. The predicted octanol–water partition coefficient (Wildman–Crippen LogP) is 4.33. The van der Waals surface area contributed by atoms with Crippen molar-refractivity contribution < 1.29 is 14.4 Å². The van der Waals surface area contributed by atoms with Gasteiger partial charge in [0, 0.05) is 64.0 Å². The van der Waals surface area contributed by atoms with Crippen molar-refractivity contribution >= 4 is 46.0 Å². The predicted molar refractivity (Wildman–Crippen MR) is 135 cm³/mol. The molecular formula is C24H29ClN4O3S. The van der Waals surface area contributed by atoms with Crippen molar-refractivity contribution in [2.45, 2.75) is 25.4 Å². The van der Waals surface area contributed by atoms with E-state index >= 15 is 0 Å². The van der Waals surface area contributed by atoms with Crippen molar-refractivity contribution in [1.82, 2.24) is 4.90 Å². The summed E-state index contributed by atoms with van der Waals surface area (Å²) >= 11 is 7.27. The lowest BCUT2D eigenvalue weighted by Gasteiger charge is -2.24. The first-order valence-electron chi connectivity index (χ1n) is 11.1. The molecule has 0 aliphatic carbocycles. The lowest BCUT2D eigenvalue weighted by atomic mass is 9.98. The molecule has 1 unspecified atom stereocenters. The maximum Gasteiger partial charge on any atom is 0.172 e. The molecular weight excluding hydrogens is 460 g/mol. The second-order valence-electron chi connectivity index (χ2n) is 8.31.